The molecule has 0 aromatic carbocycles. The molecule has 1 N–H and O–H groups in total. The van der Waals surface area contributed by atoms with Crippen LogP contribution in [0.3, 0.4) is 0 Å². The predicted octanol–water partition coefficient (Wildman–Crippen LogP) is 1.36. The zero-order valence-corrected chi connectivity index (χ0v) is 8.19. The predicted molar refractivity (Wildman–Crippen MR) is 54.7 cm³/mol. The van der Waals surface area contributed by atoms with E-state index in [-0.39, 0.29) is 5.97 Å². The molecule has 4 nitrogen and oxygen atoms in total. The number of ether oxygens (including phenoxy) is 1. The Hall–Kier alpha value is -1.58. The number of carbonyl (C=O) groups excluding carboxylic acids is 1. The molecule has 0 aromatic rings. The summed E-state index contributed by atoms with van der Waals surface area (Å²) in [5.41, 5.74) is 0.415. The van der Waals surface area contributed by atoms with Crippen molar-refractivity contribution in [2.24, 2.45) is 4.99 Å². The van der Waals surface area contributed by atoms with Crippen molar-refractivity contribution >= 4 is 12.2 Å². The van der Waals surface area contributed by atoms with E-state index in [1.54, 1.807) is 24.7 Å². The minimum Gasteiger partial charge on any atom is -0.461 e. The number of rotatable bonds is 4. The van der Waals surface area contributed by atoms with E-state index in [2.05, 4.69) is 10.3 Å². The fraction of sp³-hybridized carbons (Fsp3) is 0.400. The van der Waals surface area contributed by atoms with Crippen molar-refractivity contribution < 1.29 is 9.53 Å². The molecule has 1 aliphatic rings. The molecule has 1 rings (SSSR count). The molecule has 0 spiro atoms. The van der Waals surface area contributed by atoms with Crippen LogP contribution in [-0.4, -0.2) is 18.8 Å². The molecule has 0 aromatic heterocycles. The first-order valence-electron chi connectivity index (χ1n) is 4.66. The topological polar surface area (TPSA) is 50.7 Å². The maximum absolute atomic E-state index is 11.4. The van der Waals surface area contributed by atoms with E-state index in [1.165, 1.54) is 0 Å². The smallest absolute Gasteiger partial charge is 0.354 e. The number of nitrogens with zero attached hydrogens (tertiary/aromatic N) is 1. The van der Waals surface area contributed by atoms with Gasteiger partial charge < -0.3 is 10.1 Å². The van der Waals surface area contributed by atoms with Crippen LogP contribution in [0, 0.1) is 0 Å². The van der Waals surface area contributed by atoms with Gasteiger partial charge in [-0.2, -0.15) is 0 Å². The fourth-order valence-electron chi connectivity index (χ4n) is 0.899. The van der Waals surface area contributed by atoms with Crippen molar-refractivity contribution in [3.63, 3.8) is 0 Å². The van der Waals surface area contributed by atoms with Crippen molar-refractivity contribution in [2.75, 3.05) is 6.61 Å². The third-order valence-corrected chi connectivity index (χ3v) is 1.68. The van der Waals surface area contributed by atoms with Crippen LogP contribution in [-0.2, 0) is 9.53 Å². The number of esters is 1. The van der Waals surface area contributed by atoms with Crippen LogP contribution in [0.25, 0.3) is 0 Å². The lowest BCUT2D eigenvalue weighted by atomic mass is 10.3. The quantitative estimate of drug-likeness (QED) is 0.543. The minimum atomic E-state index is -0.337. The van der Waals surface area contributed by atoms with E-state index in [0.717, 1.165) is 12.8 Å². The molecule has 14 heavy (non-hydrogen) atoms. The van der Waals surface area contributed by atoms with Crippen molar-refractivity contribution in [3.05, 3.63) is 24.2 Å². The summed E-state index contributed by atoms with van der Waals surface area (Å²) in [4.78, 5) is 15.2. The lowest BCUT2D eigenvalue weighted by Crippen LogP contribution is -2.18. The van der Waals surface area contributed by atoms with Gasteiger partial charge in [-0.05, 0) is 12.5 Å². The second-order valence-electron chi connectivity index (χ2n) is 2.83. The van der Waals surface area contributed by atoms with Gasteiger partial charge in [0.15, 0.2) is 0 Å². The summed E-state index contributed by atoms with van der Waals surface area (Å²) in [5.74, 6) is -0.337. The summed E-state index contributed by atoms with van der Waals surface area (Å²) >= 11 is 0. The molecule has 0 bridgehead atoms. The van der Waals surface area contributed by atoms with E-state index < -0.39 is 0 Å². The lowest BCUT2D eigenvalue weighted by Gasteiger charge is -2.05. The summed E-state index contributed by atoms with van der Waals surface area (Å²) in [7, 11) is 0. The van der Waals surface area contributed by atoms with Crippen LogP contribution >= 0.6 is 0 Å². The van der Waals surface area contributed by atoms with Gasteiger partial charge in [-0.25, -0.2) is 4.79 Å². The molecule has 1 aliphatic heterocycles. The molecule has 0 saturated carbocycles. The maximum Gasteiger partial charge on any atom is 0.354 e. The minimum absolute atomic E-state index is 0.337. The van der Waals surface area contributed by atoms with Crippen molar-refractivity contribution in [1.29, 1.82) is 0 Å². The van der Waals surface area contributed by atoms with E-state index in [9.17, 15) is 4.79 Å². The third-order valence-electron chi connectivity index (χ3n) is 1.68. The monoisotopic (exact) mass is 194 g/mol. The molecular weight excluding hydrogens is 180 g/mol. The molecule has 76 valence electrons. The first-order valence-corrected chi connectivity index (χ1v) is 4.66. The lowest BCUT2D eigenvalue weighted by molar-refractivity contribution is -0.139. The Bertz CT molecular complexity index is 280. The molecule has 0 saturated heterocycles. The molecule has 1 heterocycles. The number of carbonyl (C=O) groups is 1. The highest BCUT2D eigenvalue weighted by Gasteiger charge is 2.08. The summed E-state index contributed by atoms with van der Waals surface area (Å²) < 4.78 is 5.01. The van der Waals surface area contributed by atoms with Crippen LogP contribution in [0.1, 0.15) is 19.8 Å². The van der Waals surface area contributed by atoms with Gasteiger partial charge in [-0.15, -0.1) is 0 Å². The second kappa shape index (κ2) is 5.96. The molecular formula is C10H14N2O2. The average molecular weight is 194 g/mol. The number of hydrogen-bond acceptors (Lipinski definition) is 4. The normalized spacial score (nSPS) is 14.2. The van der Waals surface area contributed by atoms with Crippen molar-refractivity contribution in [1.82, 2.24) is 5.32 Å². The first kappa shape index (κ1) is 10.5. The standard InChI is InChI=1S/C10H14N2O2/c1-2-3-8-14-10(13)9-4-5-11-6-7-12-9/h4-7,12H,2-3,8H2,1H3. The highest BCUT2D eigenvalue weighted by Crippen LogP contribution is 1.98. The largest absolute Gasteiger partial charge is 0.461 e. The Labute approximate surface area is 83.4 Å². The summed E-state index contributed by atoms with van der Waals surface area (Å²) in [6, 6.07) is 0. The van der Waals surface area contributed by atoms with Crippen LogP contribution in [0.2, 0.25) is 0 Å². The SMILES string of the molecule is CCCCOC(=O)C1=CC=NC=CN1. The molecule has 0 atom stereocenters. The van der Waals surface area contributed by atoms with Gasteiger partial charge in [0.05, 0.1) is 6.61 Å². The van der Waals surface area contributed by atoms with Crippen LogP contribution in [0.15, 0.2) is 29.2 Å². The van der Waals surface area contributed by atoms with Gasteiger partial charge in [0, 0.05) is 18.6 Å². The summed E-state index contributed by atoms with van der Waals surface area (Å²) in [6.07, 6.45) is 8.21. The van der Waals surface area contributed by atoms with Crippen molar-refractivity contribution in [2.45, 2.75) is 19.8 Å². The zero-order chi connectivity index (χ0) is 10.2. The van der Waals surface area contributed by atoms with E-state index >= 15 is 0 Å². The highest BCUT2D eigenvalue weighted by atomic mass is 16.5. The van der Waals surface area contributed by atoms with Crippen molar-refractivity contribution in [3.8, 4) is 0 Å². The Morgan fingerprint density at radius 1 is 1.64 bits per heavy atom. The van der Waals surface area contributed by atoms with Crippen LogP contribution in [0.5, 0.6) is 0 Å². The molecule has 0 amide bonds. The molecule has 0 unspecified atom stereocenters. The van der Waals surface area contributed by atoms with E-state index in [1.807, 2.05) is 6.92 Å². The van der Waals surface area contributed by atoms with Crippen LogP contribution in [0.4, 0.5) is 0 Å². The Morgan fingerprint density at radius 3 is 3.29 bits per heavy atom. The maximum atomic E-state index is 11.4. The number of allylic oxidation sites excluding steroid dienone is 1. The molecule has 4 heteroatoms. The van der Waals surface area contributed by atoms with Gasteiger partial charge in [0.25, 0.3) is 0 Å². The Morgan fingerprint density at radius 2 is 2.50 bits per heavy atom. The van der Waals surface area contributed by atoms with E-state index in [4.69, 9.17) is 4.74 Å². The highest BCUT2D eigenvalue weighted by molar-refractivity contribution is 5.93. The van der Waals surface area contributed by atoms with Gasteiger partial charge in [0.1, 0.15) is 5.70 Å². The van der Waals surface area contributed by atoms with Gasteiger partial charge in [0.2, 0.25) is 0 Å². The number of nitrogens with one attached hydrogen (secondary N) is 1. The Balaban J connectivity index is 2.40. The summed E-state index contributed by atoms with van der Waals surface area (Å²) in [5, 5.41) is 2.79. The molecule has 0 radical (unpaired) electrons. The first-order chi connectivity index (χ1) is 6.84. The zero-order valence-electron chi connectivity index (χ0n) is 8.19. The summed E-state index contributed by atoms with van der Waals surface area (Å²) in [6.45, 7) is 2.52. The average Bonchev–Trinajstić information content (AvgIpc) is 2.46. The second-order valence-corrected chi connectivity index (χ2v) is 2.83. The number of unbranched alkanes of at least 4 members (excludes halogenated alkanes) is 1. The van der Waals surface area contributed by atoms with Gasteiger partial charge in [-0.1, -0.05) is 13.3 Å². The van der Waals surface area contributed by atoms with Crippen LogP contribution < -0.4 is 5.32 Å². The van der Waals surface area contributed by atoms with Gasteiger partial charge >= 0.3 is 5.97 Å². The third kappa shape index (κ3) is 3.43. The number of hydrogen-bond donors (Lipinski definition) is 1. The number of aliphatic imine (C=N–C) groups is 1. The van der Waals surface area contributed by atoms with Gasteiger partial charge in [-0.3, -0.25) is 4.99 Å². The molecule has 0 fully saturated rings. The molecule has 0 aliphatic carbocycles. The fourth-order valence-corrected chi connectivity index (χ4v) is 0.899. The Kier molecular flexibility index (Phi) is 4.47. The van der Waals surface area contributed by atoms with E-state index in [0.29, 0.717) is 12.3 Å².